The molecule has 0 aromatic heterocycles. The lowest BCUT2D eigenvalue weighted by molar-refractivity contribution is -0.386. The molecule has 0 amide bonds. The molecule has 51 heavy (non-hydrogen) atoms. The Morgan fingerprint density at radius 1 is 0.569 bits per heavy atom. The fraction of sp³-hybridized carbons (Fsp3) is 0.226. The van der Waals surface area contributed by atoms with E-state index in [4.69, 9.17) is 0 Å². The number of benzene rings is 4. The Labute approximate surface area is 275 Å². The number of phenolic OH excluding ortho intramolecular Hbond substituents is 2. The summed E-state index contributed by atoms with van der Waals surface area (Å²) in [5, 5.41) is 44.9. The summed E-state index contributed by atoms with van der Waals surface area (Å²) in [6.07, 6.45) is -22.9. The van der Waals surface area contributed by atoms with Crippen molar-refractivity contribution in [3.63, 3.8) is 0 Å². The number of alkyl halides is 12. The van der Waals surface area contributed by atoms with Crippen LogP contribution in [0.3, 0.4) is 0 Å². The van der Waals surface area contributed by atoms with Crippen LogP contribution in [0.15, 0.2) is 72.8 Å². The van der Waals surface area contributed by atoms with E-state index in [1.807, 2.05) is 0 Å². The number of hydrogen-bond acceptors (Lipinski definition) is 6. The van der Waals surface area contributed by atoms with Gasteiger partial charge in [-0.3, -0.25) is 20.2 Å². The van der Waals surface area contributed by atoms with Crippen LogP contribution in [0.2, 0.25) is 0 Å². The Bertz CT molecular complexity index is 1940. The highest BCUT2D eigenvalue weighted by molar-refractivity contribution is 5.87. The Morgan fingerprint density at radius 3 is 1.18 bits per heavy atom. The number of hydrogen-bond donors (Lipinski definition) is 2. The van der Waals surface area contributed by atoms with E-state index in [1.165, 1.54) is 36.4 Å². The van der Waals surface area contributed by atoms with Crippen molar-refractivity contribution in [3.8, 4) is 22.6 Å². The topological polar surface area (TPSA) is 127 Å². The second-order valence-corrected chi connectivity index (χ2v) is 11.2. The number of rotatable bonds is 8. The van der Waals surface area contributed by atoms with E-state index in [9.17, 15) is 65.6 Å². The first-order chi connectivity index (χ1) is 23.4. The van der Waals surface area contributed by atoms with Gasteiger partial charge in [-0.1, -0.05) is 48.5 Å². The number of nitro groups is 2. The number of phenols is 2. The van der Waals surface area contributed by atoms with Gasteiger partial charge < -0.3 is 10.2 Å². The van der Waals surface area contributed by atoms with E-state index in [0.717, 1.165) is 12.1 Å². The van der Waals surface area contributed by atoms with Crippen LogP contribution >= 0.6 is 0 Å². The Morgan fingerprint density at radius 2 is 0.882 bits per heavy atom. The van der Waals surface area contributed by atoms with Crippen LogP contribution in [-0.4, -0.2) is 44.8 Å². The Balaban J connectivity index is 2.05. The van der Waals surface area contributed by atoms with Crippen LogP contribution in [0.25, 0.3) is 11.1 Å². The highest BCUT2D eigenvalue weighted by Crippen LogP contribution is 2.60. The molecule has 0 aliphatic heterocycles. The molecule has 5 rings (SSSR count). The molecule has 0 bridgehead atoms. The third-order valence-electron chi connectivity index (χ3n) is 8.32. The zero-order chi connectivity index (χ0) is 38.2. The van der Waals surface area contributed by atoms with E-state index in [1.54, 1.807) is 0 Å². The van der Waals surface area contributed by atoms with Crippen molar-refractivity contribution in [2.24, 2.45) is 0 Å². The smallest absolute Gasteiger partial charge is 0.426 e. The lowest BCUT2D eigenvalue weighted by Crippen LogP contribution is -2.40. The first kappa shape index (κ1) is 36.7. The van der Waals surface area contributed by atoms with Crippen LogP contribution in [0.1, 0.15) is 33.4 Å². The van der Waals surface area contributed by atoms with Crippen LogP contribution in [0.5, 0.6) is 11.5 Å². The molecular weight excluding hydrogens is 724 g/mol. The highest BCUT2D eigenvalue weighted by Gasteiger charge is 2.62. The molecule has 0 fully saturated rings. The van der Waals surface area contributed by atoms with Crippen molar-refractivity contribution in [2.75, 3.05) is 0 Å². The summed E-state index contributed by atoms with van der Waals surface area (Å²) in [5.74, 6) is -16.0. The molecule has 0 radical (unpaired) electrons. The van der Waals surface area contributed by atoms with Gasteiger partial charge in [0.1, 0.15) is 0 Å². The maximum atomic E-state index is 15.3. The number of nitrogens with zero attached hydrogens (tertiary/aromatic N) is 2. The van der Waals surface area contributed by atoms with Gasteiger partial charge in [0.2, 0.25) is 11.5 Å². The third kappa shape index (κ3) is 5.52. The molecule has 0 spiro atoms. The summed E-state index contributed by atoms with van der Waals surface area (Å²) in [4.78, 5) is 20.9. The number of fused-ring (bicyclic) bond motifs is 3. The largest absolute Gasteiger partial charge is 0.502 e. The van der Waals surface area contributed by atoms with Crippen molar-refractivity contribution in [3.05, 3.63) is 126 Å². The van der Waals surface area contributed by atoms with Gasteiger partial charge in [0.15, 0.2) is 0 Å². The maximum absolute atomic E-state index is 15.3. The van der Waals surface area contributed by atoms with E-state index in [0.29, 0.717) is 0 Å². The van der Waals surface area contributed by atoms with Crippen LogP contribution < -0.4 is 0 Å². The van der Waals surface area contributed by atoms with Gasteiger partial charge in [0.05, 0.1) is 26.4 Å². The van der Waals surface area contributed by atoms with Crippen molar-refractivity contribution in [1.82, 2.24) is 0 Å². The van der Waals surface area contributed by atoms with E-state index >= 15 is 17.6 Å². The SMILES string of the molecule is O=[N+]([O-])c1cc(C2(c3cc([N+](=O)[O-])c(O)c(C(F)(F)C(F)C(F)(F)F)c3)c3ccccc3-c3ccccc32)cc(C(F)(F)C(F)C(F)(F)F)c1O. The van der Waals surface area contributed by atoms with Crippen molar-refractivity contribution in [1.29, 1.82) is 0 Å². The molecule has 0 heterocycles. The second-order valence-electron chi connectivity index (χ2n) is 11.2. The first-order valence-electron chi connectivity index (χ1n) is 13.8. The van der Waals surface area contributed by atoms with Crippen molar-refractivity contribution < 1.29 is 72.7 Å². The molecule has 1 aliphatic rings. The number of halogens is 12. The monoisotopic (exact) mass is 740 g/mol. The van der Waals surface area contributed by atoms with Gasteiger partial charge in [0, 0.05) is 12.1 Å². The molecule has 4 aromatic carbocycles. The average Bonchev–Trinajstić information content (AvgIpc) is 3.34. The summed E-state index contributed by atoms with van der Waals surface area (Å²) < 4.78 is 170. The predicted octanol–water partition coefficient (Wildman–Crippen LogP) is 9.26. The Kier molecular flexibility index (Phi) is 8.47. The maximum Gasteiger partial charge on any atom is 0.426 e. The molecule has 8 nitrogen and oxygen atoms in total. The Hall–Kier alpha value is -5.56. The van der Waals surface area contributed by atoms with Crippen LogP contribution in [0, 0.1) is 20.2 Å². The zero-order valence-corrected chi connectivity index (χ0v) is 24.5. The standard InChI is InChI=1S/C31H16F12N2O6/c32-25(30(38,39)40)28(34,35)19-9-13(11-21(23(19)46)44(48)49)27(17-7-3-1-5-15(17)16-6-2-4-8-18(16)27)14-10-20(24(47)22(12-14)45(50)51)29(36,37)26(33)31(41,42)43/h1-12,25-26,46-47H. The van der Waals surface area contributed by atoms with Crippen LogP contribution in [-0.2, 0) is 17.3 Å². The minimum Gasteiger partial charge on any atom is -0.502 e. The highest BCUT2D eigenvalue weighted by atomic mass is 19.4. The fourth-order valence-electron chi connectivity index (χ4n) is 6.17. The molecule has 0 saturated heterocycles. The van der Waals surface area contributed by atoms with E-state index < -0.39 is 96.9 Å². The summed E-state index contributed by atoms with van der Waals surface area (Å²) in [6.45, 7) is 0. The number of aromatic hydroxyl groups is 2. The predicted molar refractivity (Wildman–Crippen MR) is 150 cm³/mol. The van der Waals surface area contributed by atoms with Crippen molar-refractivity contribution in [2.45, 2.75) is 42.0 Å². The lowest BCUT2D eigenvalue weighted by atomic mass is 9.66. The van der Waals surface area contributed by atoms with E-state index in [2.05, 4.69) is 0 Å². The molecule has 270 valence electrons. The normalized spacial score (nSPS) is 15.5. The van der Waals surface area contributed by atoms with Gasteiger partial charge in [-0.05, 0) is 45.5 Å². The zero-order valence-electron chi connectivity index (χ0n) is 24.5. The second kappa shape index (κ2) is 11.8. The minimum absolute atomic E-state index is 0.0125. The summed E-state index contributed by atoms with van der Waals surface area (Å²) >= 11 is 0. The summed E-state index contributed by atoms with van der Waals surface area (Å²) in [7, 11) is 0. The molecular formula is C31H16F12N2O6. The van der Waals surface area contributed by atoms with Gasteiger partial charge in [-0.15, -0.1) is 0 Å². The average molecular weight is 740 g/mol. The molecule has 2 unspecified atom stereocenters. The van der Waals surface area contributed by atoms with Crippen molar-refractivity contribution >= 4 is 11.4 Å². The number of nitro benzene ring substituents is 2. The first-order valence-corrected chi connectivity index (χ1v) is 13.8. The molecule has 0 saturated carbocycles. The fourth-order valence-corrected chi connectivity index (χ4v) is 6.17. The molecule has 2 atom stereocenters. The minimum atomic E-state index is -6.34. The van der Waals surface area contributed by atoms with Gasteiger partial charge >= 0.3 is 35.6 Å². The molecule has 20 heteroatoms. The molecule has 2 N–H and O–H groups in total. The van der Waals surface area contributed by atoms with Gasteiger partial charge in [-0.25, -0.2) is 8.78 Å². The molecule has 1 aliphatic carbocycles. The van der Waals surface area contributed by atoms with Gasteiger partial charge in [-0.2, -0.15) is 43.9 Å². The van der Waals surface area contributed by atoms with E-state index in [-0.39, 0.29) is 46.5 Å². The molecule has 4 aromatic rings. The third-order valence-corrected chi connectivity index (χ3v) is 8.32. The quantitative estimate of drug-likeness (QED) is 0.0928. The summed E-state index contributed by atoms with van der Waals surface area (Å²) in [5.41, 5.74) is -13.9. The summed E-state index contributed by atoms with van der Waals surface area (Å²) in [6, 6.07) is 10.2. The van der Waals surface area contributed by atoms with Crippen LogP contribution in [0.4, 0.5) is 64.1 Å². The van der Waals surface area contributed by atoms with Gasteiger partial charge in [0.25, 0.3) is 12.3 Å². The lowest BCUT2D eigenvalue weighted by Gasteiger charge is -2.35.